The molecule has 0 spiro atoms. The van der Waals surface area contributed by atoms with E-state index in [0.29, 0.717) is 17.7 Å². The van der Waals surface area contributed by atoms with Crippen molar-refractivity contribution in [2.24, 2.45) is 11.7 Å². The number of nitrogen functional groups attached to an aromatic ring is 1. The Labute approximate surface area is 125 Å². The Bertz CT molecular complexity index is 519. The predicted octanol–water partition coefficient (Wildman–Crippen LogP) is 1.64. The highest BCUT2D eigenvalue weighted by Gasteiger charge is 2.26. The minimum atomic E-state index is -0.261. The molecule has 1 heterocycles. The molecule has 1 aromatic rings. The van der Waals surface area contributed by atoms with Crippen molar-refractivity contribution in [2.75, 3.05) is 32.7 Å². The quantitative estimate of drug-likeness (QED) is 0.640. The molecule has 1 aliphatic carbocycles. The van der Waals surface area contributed by atoms with Crippen molar-refractivity contribution in [1.82, 2.24) is 9.80 Å². The molecule has 0 atom stereocenters. The minimum absolute atomic E-state index is 0.0888. The van der Waals surface area contributed by atoms with E-state index in [-0.39, 0.29) is 11.7 Å². The molecule has 114 valence electrons. The van der Waals surface area contributed by atoms with Crippen molar-refractivity contribution in [3.63, 3.8) is 0 Å². The molecule has 3 N–H and O–H groups in total. The molecule has 3 rings (SSSR count). The molecule has 1 saturated heterocycles. The lowest BCUT2D eigenvalue weighted by atomic mass is 10.1. The summed E-state index contributed by atoms with van der Waals surface area (Å²) in [7, 11) is 0. The van der Waals surface area contributed by atoms with Crippen LogP contribution in [0, 0.1) is 17.1 Å². The second kappa shape index (κ2) is 6.12. The third kappa shape index (κ3) is 3.80. The second-order valence-electron chi connectivity index (χ2n) is 6.24. The van der Waals surface area contributed by atoms with Gasteiger partial charge in [0.2, 0.25) is 0 Å². The third-order valence-corrected chi connectivity index (χ3v) is 4.44. The van der Waals surface area contributed by atoms with Gasteiger partial charge in [-0.05, 0) is 24.8 Å². The van der Waals surface area contributed by atoms with Crippen LogP contribution in [0.25, 0.3) is 0 Å². The summed E-state index contributed by atoms with van der Waals surface area (Å²) in [5.74, 6) is 0.588. The lowest BCUT2D eigenvalue weighted by molar-refractivity contribution is 0.122. The Hall–Kier alpha value is -1.46. The summed E-state index contributed by atoms with van der Waals surface area (Å²) in [6, 6.07) is 4.84. The van der Waals surface area contributed by atoms with Crippen molar-refractivity contribution in [1.29, 1.82) is 5.41 Å². The Morgan fingerprint density at radius 1 is 1.19 bits per heavy atom. The number of piperazine rings is 1. The second-order valence-corrected chi connectivity index (χ2v) is 6.24. The van der Waals surface area contributed by atoms with Crippen LogP contribution in [0.4, 0.5) is 4.39 Å². The van der Waals surface area contributed by atoms with E-state index in [1.165, 1.54) is 25.5 Å². The van der Waals surface area contributed by atoms with Crippen LogP contribution < -0.4 is 5.73 Å². The summed E-state index contributed by atoms with van der Waals surface area (Å²) in [6.07, 6.45) is 2.79. The van der Waals surface area contributed by atoms with Gasteiger partial charge in [0.05, 0.1) is 0 Å². The topological polar surface area (TPSA) is 56.4 Å². The highest BCUT2D eigenvalue weighted by atomic mass is 19.1. The molecular weight excluding hydrogens is 267 g/mol. The molecule has 0 unspecified atom stereocenters. The normalized spacial score (nSPS) is 20.6. The van der Waals surface area contributed by atoms with Gasteiger partial charge in [0.1, 0.15) is 11.7 Å². The van der Waals surface area contributed by atoms with Crippen molar-refractivity contribution in [3.05, 3.63) is 35.1 Å². The van der Waals surface area contributed by atoms with Crippen LogP contribution in [0.5, 0.6) is 0 Å². The van der Waals surface area contributed by atoms with E-state index >= 15 is 0 Å². The van der Waals surface area contributed by atoms with E-state index in [1.54, 1.807) is 12.1 Å². The zero-order valence-electron chi connectivity index (χ0n) is 12.3. The first kappa shape index (κ1) is 14.5. The van der Waals surface area contributed by atoms with Crippen LogP contribution >= 0.6 is 0 Å². The molecule has 0 bridgehead atoms. The van der Waals surface area contributed by atoms with Gasteiger partial charge in [0, 0.05) is 50.4 Å². The van der Waals surface area contributed by atoms with E-state index in [4.69, 9.17) is 11.1 Å². The number of amidine groups is 1. The maximum atomic E-state index is 14.0. The van der Waals surface area contributed by atoms with E-state index in [0.717, 1.165) is 32.1 Å². The van der Waals surface area contributed by atoms with E-state index in [1.807, 2.05) is 0 Å². The van der Waals surface area contributed by atoms with Crippen molar-refractivity contribution in [2.45, 2.75) is 19.4 Å². The predicted molar refractivity (Wildman–Crippen MR) is 81.9 cm³/mol. The molecular formula is C16H23FN4. The standard InChI is InChI=1S/C16H23FN4/c17-15-9-13(16(18)19)3-4-14(15)11-21-7-5-20(6-8-21)10-12-1-2-12/h3-4,9,12H,1-2,5-8,10-11H2,(H3,18,19). The summed E-state index contributed by atoms with van der Waals surface area (Å²) < 4.78 is 14.0. The van der Waals surface area contributed by atoms with Gasteiger partial charge in [-0.15, -0.1) is 0 Å². The molecule has 2 aliphatic rings. The molecule has 1 saturated carbocycles. The summed E-state index contributed by atoms with van der Waals surface area (Å²) in [5, 5.41) is 7.33. The summed E-state index contributed by atoms with van der Waals surface area (Å²) in [4.78, 5) is 4.83. The molecule has 2 fully saturated rings. The average molecular weight is 290 g/mol. The summed E-state index contributed by atoms with van der Waals surface area (Å²) >= 11 is 0. The highest BCUT2D eigenvalue weighted by Crippen LogP contribution is 2.30. The Balaban J connectivity index is 1.53. The fraction of sp³-hybridized carbons (Fsp3) is 0.562. The molecule has 0 aromatic heterocycles. The molecule has 21 heavy (non-hydrogen) atoms. The Morgan fingerprint density at radius 2 is 1.86 bits per heavy atom. The van der Waals surface area contributed by atoms with Gasteiger partial charge in [-0.2, -0.15) is 0 Å². The van der Waals surface area contributed by atoms with Crippen LogP contribution in [0.1, 0.15) is 24.0 Å². The molecule has 4 nitrogen and oxygen atoms in total. The van der Waals surface area contributed by atoms with E-state index in [9.17, 15) is 4.39 Å². The van der Waals surface area contributed by atoms with Gasteiger partial charge in [-0.25, -0.2) is 4.39 Å². The molecule has 0 radical (unpaired) electrons. The lowest BCUT2D eigenvalue weighted by Crippen LogP contribution is -2.46. The van der Waals surface area contributed by atoms with Gasteiger partial charge >= 0.3 is 0 Å². The number of nitrogens with two attached hydrogens (primary N) is 1. The van der Waals surface area contributed by atoms with Crippen LogP contribution in [0.15, 0.2) is 18.2 Å². The molecule has 5 heteroatoms. The SMILES string of the molecule is N=C(N)c1ccc(CN2CCN(CC3CC3)CC2)c(F)c1. The van der Waals surface area contributed by atoms with Crippen LogP contribution in [-0.2, 0) is 6.54 Å². The molecule has 1 aliphatic heterocycles. The van der Waals surface area contributed by atoms with E-state index < -0.39 is 0 Å². The average Bonchev–Trinajstić information content (AvgIpc) is 3.27. The number of hydrogen-bond acceptors (Lipinski definition) is 3. The summed E-state index contributed by atoms with van der Waals surface area (Å²) in [5.41, 5.74) is 6.52. The van der Waals surface area contributed by atoms with Crippen LogP contribution in [-0.4, -0.2) is 48.4 Å². The smallest absolute Gasteiger partial charge is 0.128 e. The number of benzene rings is 1. The Kier molecular flexibility index (Phi) is 4.22. The van der Waals surface area contributed by atoms with Crippen molar-refractivity contribution < 1.29 is 4.39 Å². The number of halogens is 1. The number of nitrogens with one attached hydrogen (secondary N) is 1. The number of nitrogens with zero attached hydrogens (tertiary/aromatic N) is 2. The zero-order valence-corrected chi connectivity index (χ0v) is 12.3. The van der Waals surface area contributed by atoms with Gasteiger partial charge in [0.25, 0.3) is 0 Å². The van der Waals surface area contributed by atoms with Gasteiger partial charge in [0.15, 0.2) is 0 Å². The lowest BCUT2D eigenvalue weighted by Gasteiger charge is -2.34. The first-order valence-electron chi connectivity index (χ1n) is 7.69. The zero-order chi connectivity index (χ0) is 14.8. The fourth-order valence-corrected chi connectivity index (χ4v) is 2.88. The summed E-state index contributed by atoms with van der Waals surface area (Å²) in [6.45, 7) is 6.06. The largest absolute Gasteiger partial charge is 0.384 e. The first-order chi connectivity index (χ1) is 10.1. The van der Waals surface area contributed by atoms with Crippen LogP contribution in [0.2, 0.25) is 0 Å². The van der Waals surface area contributed by atoms with Crippen molar-refractivity contribution in [3.8, 4) is 0 Å². The molecule has 0 amide bonds. The monoisotopic (exact) mass is 290 g/mol. The van der Waals surface area contributed by atoms with Gasteiger partial charge in [-0.3, -0.25) is 10.3 Å². The maximum Gasteiger partial charge on any atom is 0.128 e. The van der Waals surface area contributed by atoms with E-state index in [2.05, 4.69) is 9.80 Å². The van der Waals surface area contributed by atoms with Crippen molar-refractivity contribution >= 4 is 5.84 Å². The van der Waals surface area contributed by atoms with Crippen LogP contribution in [0.3, 0.4) is 0 Å². The van der Waals surface area contributed by atoms with Gasteiger partial charge in [-0.1, -0.05) is 12.1 Å². The highest BCUT2D eigenvalue weighted by molar-refractivity contribution is 5.94. The fourth-order valence-electron chi connectivity index (χ4n) is 2.88. The maximum absolute atomic E-state index is 14.0. The number of hydrogen-bond donors (Lipinski definition) is 2. The number of rotatable bonds is 5. The van der Waals surface area contributed by atoms with Gasteiger partial charge < -0.3 is 10.6 Å². The minimum Gasteiger partial charge on any atom is -0.384 e. The third-order valence-electron chi connectivity index (χ3n) is 4.44. The Morgan fingerprint density at radius 3 is 2.43 bits per heavy atom. The first-order valence-corrected chi connectivity index (χ1v) is 7.69. The molecule has 1 aromatic carbocycles.